The van der Waals surface area contributed by atoms with Crippen molar-refractivity contribution >= 4 is 28.4 Å². The van der Waals surface area contributed by atoms with Gasteiger partial charge in [-0.3, -0.25) is 4.79 Å². The van der Waals surface area contributed by atoms with Crippen molar-refractivity contribution in [3.8, 4) is 22.8 Å². The monoisotopic (exact) mass is 443 g/mol. The summed E-state index contributed by atoms with van der Waals surface area (Å²) < 4.78 is 10.7. The van der Waals surface area contributed by atoms with Crippen molar-refractivity contribution in [2.24, 2.45) is 0 Å². The summed E-state index contributed by atoms with van der Waals surface area (Å²) >= 11 is 1.41. The Hall–Kier alpha value is -3.58. The maximum atomic E-state index is 12.7. The number of aromatic nitrogens is 2. The number of rotatable bonds is 6. The number of thioether (sulfide) groups is 1. The maximum Gasteiger partial charge on any atom is 0.233 e. The average Bonchev–Trinajstić information content (AvgIpc) is 3.31. The molecule has 1 unspecified atom stereocenters. The molecule has 0 bridgehead atoms. The molecule has 1 aromatic heterocycles. The van der Waals surface area contributed by atoms with Gasteiger partial charge >= 0.3 is 0 Å². The van der Waals surface area contributed by atoms with Crippen LogP contribution in [-0.2, 0) is 11.3 Å². The maximum absolute atomic E-state index is 12.7. The number of nitrogens with one attached hydrogen (secondary N) is 1. The van der Waals surface area contributed by atoms with E-state index in [9.17, 15) is 4.79 Å². The predicted molar refractivity (Wildman–Crippen MR) is 125 cm³/mol. The number of ether oxygens (including phenoxy) is 2. The number of carbonyl (C=O) groups is 1. The van der Waals surface area contributed by atoms with Crippen molar-refractivity contribution in [2.45, 2.75) is 23.7 Å². The lowest BCUT2D eigenvalue weighted by atomic mass is 10.1. The lowest BCUT2D eigenvalue weighted by Gasteiger charge is -2.14. The van der Waals surface area contributed by atoms with Crippen molar-refractivity contribution in [3.05, 3.63) is 78.4 Å². The van der Waals surface area contributed by atoms with Gasteiger partial charge in [0, 0.05) is 22.9 Å². The summed E-state index contributed by atoms with van der Waals surface area (Å²) in [5.74, 6) is 1.37. The molecule has 0 spiro atoms. The number of hydrogen-bond donors (Lipinski definition) is 1. The number of carbonyl (C=O) groups excluding carboxylic acids is 1. The molecule has 1 aliphatic heterocycles. The normalized spacial score (nSPS) is 13.2. The van der Waals surface area contributed by atoms with Gasteiger partial charge in [0.05, 0.1) is 5.25 Å². The molecule has 4 aromatic rings. The first kappa shape index (κ1) is 20.3. The number of hydrogen-bond acceptors (Lipinski definition) is 6. The fourth-order valence-corrected chi connectivity index (χ4v) is 4.50. The molecule has 160 valence electrons. The highest BCUT2D eigenvalue weighted by molar-refractivity contribution is 8.00. The lowest BCUT2D eigenvalue weighted by Crippen LogP contribution is -2.30. The number of fused-ring (bicyclic) bond motifs is 2. The van der Waals surface area contributed by atoms with E-state index < -0.39 is 0 Å². The van der Waals surface area contributed by atoms with E-state index in [0.717, 1.165) is 38.4 Å². The Bertz CT molecular complexity index is 1280. The highest BCUT2D eigenvalue weighted by Gasteiger charge is 2.19. The van der Waals surface area contributed by atoms with Crippen LogP contribution in [-0.4, -0.2) is 28.1 Å². The van der Waals surface area contributed by atoms with Crippen molar-refractivity contribution in [2.75, 3.05) is 6.79 Å². The SMILES string of the molecule is CC(Sc1nnc(-c2ccccc2)c2ccccc12)C(=O)NCc1ccc2c(c1)OCO2. The molecule has 2 heterocycles. The molecule has 0 radical (unpaired) electrons. The van der Waals surface area contributed by atoms with Gasteiger partial charge in [0.25, 0.3) is 0 Å². The van der Waals surface area contributed by atoms with Gasteiger partial charge in [0.2, 0.25) is 12.7 Å². The van der Waals surface area contributed by atoms with E-state index in [0.29, 0.717) is 12.3 Å². The Labute approximate surface area is 190 Å². The Morgan fingerprint density at radius 2 is 1.72 bits per heavy atom. The summed E-state index contributed by atoms with van der Waals surface area (Å²) in [6.07, 6.45) is 0. The second kappa shape index (κ2) is 8.88. The van der Waals surface area contributed by atoms with Gasteiger partial charge < -0.3 is 14.8 Å². The molecule has 1 amide bonds. The third-order valence-corrected chi connectivity index (χ3v) is 6.35. The summed E-state index contributed by atoms with van der Waals surface area (Å²) in [6.45, 7) is 2.53. The van der Waals surface area contributed by atoms with Gasteiger partial charge in [-0.15, -0.1) is 10.2 Å². The van der Waals surface area contributed by atoms with Crippen LogP contribution in [0.3, 0.4) is 0 Å². The quantitative estimate of drug-likeness (QED) is 0.431. The van der Waals surface area contributed by atoms with Crippen LogP contribution in [0.25, 0.3) is 22.0 Å². The first-order valence-corrected chi connectivity index (χ1v) is 11.2. The Balaban J connectivity index is 1.31. The molecule has 1 N–H and O–H groups in total. The van der Waals surface area contributed by atoms with Crippen molar-refractivity contribution in [1.29, 1.82) is 0 Å². The Kier molecular flexibility index (Phi) is 5.64. The van der Waals surface area contributed by atoms with Crippen LogP contribution in [0, 0.1) is 0 Å². The zero-order valence-corrected chi connectivity index (χ0v) is 18.3. The molecular formula is C25H21N3O3S. The molecule has 32 heavy (non-hydrogen) atoms. The summed E-state index contributed by atoms with van der Waals surface area (Å²) in [6, 6.07) is 23.7. The zero-order valence-electron chi connectivity index (χ0n) is 17.4. The fraction of sp³-hybridized carbons (Fsp3) is 0.160. The van der Waals surface area contributed by atoms with E-state index in [4.69, 9.17) is 9.47 Å². The minimum Gasteiger partial charge on any atom is -0.454 e. The van der Waals surface area contributed by atoms with E-state index in [1.165, 1.54) is 11.8 Å². The molecular weight excluding hydrogens is 422 g/mol. The molecule has 0 saturated heterocycles. The van der Waals surface area contributed by atoms with Gasteiger partial charge in [0.1, 0.15) is 10.7 Å². The first-order chi connectivity index (χ1) is 15.7. The first-order valence-electron chi connectivity index (χ1n) is 10.3. The minimum atomic E-state index is -0.329. The predicted octanol–water partition coefficient (Wildman–Crippen LogP) is 4.82. The molecule has 0 fully saturated rings. The minimum absolute atomic E-state index is 0.0642. The summed E-state index contributed by atoms with van der Waals surface area (Å²) in [5, 5.41) is 14.4. The molecule has 0 saturated carbocycles. The van der Waals surface area contributed by atoms with Crippen LogP contribution in [0.15, 0.2) is 77.8 Å². The van der Waals surface area contributed by atoms with E-state index >= 15 is 0 Å². The largest absolute Gasteiger partial charge is 0.454 e. The average molecular weight is 444 g/mol. The van der Waals surface area contributed by atoms with E-state index in [2.05, 4.69) is 15.5 Å². The highest BCUT2D eigenvalue weighted by Crippen LogP contribution is 2.34. The van der Waals surface area contributed by atoms with Crippen molar-refractivity contribution in [1.82, 2.24) is 15.5 Å². The number of nitrogens with zero attached hydrogens (tertiary/aromatic N) is 2. The Morgan fingerprint density at radius 3 is 2.56 bits per heavy atom. The van der Waals surface area contributed by atoms with Crippen LogP contribution in [0.2, 0.25) is 0 Å². The second-order valence-electron chi connectivity index (χ2n) is 7.43. The molecule has 1 atom stereocenters. The number of amides is 1. The van der Waals surface area contributed by atoms with Crippen LogP contribution in [0.4, 0.5) is 0 Å². The molecule has 0 aliphatic carbocycles. The molecule has 3 aromatic carbocycles. The summed E-state index contributed by atoms with van der Waals surface area (Å²) in [7, 11) is 0. The van der Waals surface area contributed by atoms with Crippen LogP contribution in [0.1, 0.15) is 12.5 Å². The van der Waals surface area contributed by atoms with Gasteiger partial charge in [-0.2, -0.15) is 0 Å². The van der Waals surface area contributed by atoms with Gasteiger partial charge in [-0.1, -0.05) is 72.4 Å². The van der Waals surface area contributed by atoms with Crippen LogP contribution in [0.5, 0.6) is 11.5 Å². The van der Waals surface area contributed by atoms with Crippen LogP contribution < -0.4 is 14.8 Å². The zero-order chi connectivity index (χ0) is 21.9. The van der Waals surface area contributed by atoms with Crippen LogP contribution >= 0.6 is 11.8 Å². The third-order valence-electron chi connectivity index (χ3n) is 5.26. The molecule has 7 heteroatoms. The molecule has 1 aliphatic rings. The third kappa shape index (κ3) is 4.11. The van der Waals surface area contributed by atoms with Gasteiger partial charge in [0.15, 0.2) is 11.5 Å². The Morgan fingerprint density at radius 1 is 0.969 bits per heavy atom. The van der Waals surface area contributed by atoms with Gasteiger partial charge in [-0.25, -0.2) is 0 Å². The topological polar surface area (TPSA) is 73.3 Å². The van der Waals surface area contributed by atoms with E-state index in [1.54, 1.807) is 0 Å². The molecule has 6 nitrogen and oxygen atoms in total. The standard InChI is InChI=1S/C25H21N3O3S/c1-16(24(29)26-14-17-11-12-21-22(13-17)31-15-30-21)32-25-20-10-6-5-9-19(20)23(27-28-25)18-7-3-2-4-8-18/h2-13,16H,14-15H2,1H3,(H,26,29). The van der Waals surface area contributed by atoms with E-state index in [1.807, 2.05) is 79.7 Å². The van der Waals surface area contributed by atoms with Gasteiger partial charge in [-0.05, 0) is 24.6 Å². The fourth-order valence-electron chi connectivity index (χ4n) is 3.58. The lowest BCUT2D eigenvalue weighted by molar-refractivity contribution is -0.120. The highest BCUT2D eigenvalue weighted by atomic mass is 32.2. The molecule has 5 rings (SSSR count). The summed E-state index contributed by atoms with van der Waals surface area (Å²) in [5.41, 5.74) is 2.81. The van der Waals surface area contributed by atoms with E-state index in [-0.39, 0.29) is 18.0 Å². The second-order valence-corrected chi connectivity index (χ2v) is 8.76. The summed E-state index contributed by atoms with van der Waals surface area (Å²) in [4.78, 5) is 12.7. The number of benzene rings is 3. The smallest absolute Gasteiger partial charge is 0.233 e. The van der Waals surface area contributed by atoms with Crippen molar-refractivity contribution < 1.29 is 14.3 Å². The van der Waals surface area contributed by atoms with Crippen molar-refractivity contribution in [3.63, 3.8) is 0 Å².